The molecule has 2 nitrogen and oxygen atoms in total. The van der Waals surface area contributed by atoms with Crippen molar-refractivity contribution in [2.24, 2.45) is 0 Å². The minimum Gasteiger partial charge on any atom is -0.468 e. The first-order valence-corrected chi connectivity index (χ1v) is 6.34. The van der Waals surface area contributed by atoms with Crippen molar-refractivity contribution in [1.82, 2.24) is 0 Å². The van der Waals surface area contributed by atoms with Crippen LogP contribution in [0.25, 0.3) is 0 Å². The Kier molecular flexibility index (Phi) is 6.94. The Hall–Kier alpha value is -0.530. The van der Waals surface area contributed by atoms with Crippen LogP contribution >= 0.6 is 11.8 Å². The molecule has 18 heavy (non-hydrogen) atoms. The first-order chi connectivity index (χ1) is 8.15. The van der Waals surface area contributed by atoms with Crippen LogP contribution in [0, 0.1) is 0 Å². The molecule has 0 radical (unpaired) electrons. The average Bonchev–Trinajstić information content (AvgIpc) is 2.25. The summed E-state index contributed by atoms with van der Waals surface area (Å²) in [5, 5.41) is -0.691. The van der Waals surface area contributed by atoms with Crippen LogP contribution in [-0.2, 0) is 9.53 Å². The van der Waals surface area contributed by atoms with Crippen LogP contribution in [0.1, 0.15) is 26.2 Å². The van der Waals surface area contributed by atoms with Gasteiger partial charge in [0.15, 0.2) is 0 Å². The van der Waals surface area contributed by atoms with E-state index in [-0.39, 0.29) is 0 Å². The maximum Gasteiger partial charge on any atom is 0.453 e. The van der Waals surface area contributed by atoms with Gasteiger partial charge in [0.05, 0.1) is 7.11 Å². The summed E-state index contributed by atoms with van der Waals surface area (Å²) in [5.74, 6) is -5.77. The molecule has 0 bridgehead atoms. The Labute approximate surface area is 106 Å². The molecule has 0 aliphatic heterocycles. The number of hydrogen-bond acceptors (Lipinski definition) is 3. The molecule has 0 aliphatic rings. The summed E-state index contributed by atoms with van der Waals surface area (Å²) in [6, 6.07) is 0. The highest BCUT2D eigenvalue weighted by atomic mass is 32.2. The van der Waals surface area contributed by atoms with Gasteiger partial charge in [-0.05, 0) is 6.42 Å². The third-order valence-corrected chi connectivity index (χ3v) is 3.44. The minimum absolute atomic E-state index is 0.384. The quantitative estimate of drug-likeness (QED) is 0.529. The zero-order valence-electron chi connectivity index (χ0n) is 10.0. The number of halogens is 5. The number of alkyl halides is 5. The average molecular weight is 294 g/mol. The summed E-state index contributed by atoms with van der Waals surface area (Å²) in [6.07, 6.45) is -5.88. The van der Waals surface area contributed by atoms with Crippen molar-refractivity contribution in [2.75, 3.05) is 12.9 Å². The molecule has 108 valence electrons. The molecular formula is C10H15F5O2S. The van der Waals surface area contributed by atoms with Gasteiger partial charge in [0.25, 0.3) is 0 Å². The van der Waals surface area contributed by atoms with Crippen LogP contribution in [-0.4, -0.2) is 36.2 Å². The van der Waals surface area contributed by atoms with E-state index in [0.717, 1.165) is 18.9 Å². The molecular weight excluding hydrogens is 279 g/mol. The van der Waals surface area contributed by atoms with Crippen LogP contribution in [0.4, 0.5) is 22.0 Å². The number of thioether (sulfide) groups is 1. The normalized spacial score (nSPS) is 14.4. The van der Waals surface area contributed by atoms with Crippen LogP contribution in [0.2, 0.25) is 0 Å². The van der Waals surface area contributed by atoms with Crippen molar-refractivity contribution in [3.8, 4) is 0 Å². The third-order valence-electron chi connectivity index (χ3n) is 2.16. The van der Waals surface area contributed by atoms with E-state index in [9.17, 15) is 26.7 Å². The molecule has 0 amide bonds. The van der Waals surface area contributed by atoms with Gasteiger partial charge in [-0.2, -0.15) is 22.0 Å². The molecule has 0 spiro atoms. The van der Waals surface area contributed by atoms with Crippen molar-refractivity contribution in [3.63, 3.8) is 0 Å². The Bertz CT molecular complexity index is 267. The zero-order chi connectivity index (χ0) is 14.4. The molecule has 8 heteroatoms. The van der Waals surface area contributed by atoms with Crippen LogP contribution in [0.15, 0.2) is 0 Å². The van der Waals surface area contributed by atoms with Crippen molar-refractivity contribution >= 4 is 17.7 Å². The highest BCUT2D eigenvalue weighted by molar-refractivity contribution is 8.00. The maximum absolute atomic E-state index is 12.6. The SMILES string of the molecule is CCCC(SCCC(F)(F)C(F)(F)F)C(=O)OC. The molecule has 0 aromatic heterocycles. The Morgan fingerprint density at radius 2 is 1.83 bits per heavy atom. The van der Waals surface area contributed by atoms with Crippen molar-refractivity contribution in [3.05, 3.63) is 0 Å². The Morgan fingerprint density at radius 3 is 2.22 bits per heavy atom. The topological polar surface area (TPSA) is 26.3 Å². The van der Waals surface area contributed by atoms with Crippen LogP contribution in [0.3, 0.4) is 0 Å². The monoisotopic (exact) mass is 294 g/mol. The van der Waals surface area contributed by atoms with Gasteiger partial charge >= 0.3 is 18.1 Å². The van der Waals surface area contributed by atoms with Crippen molar-refractivity contribution in [2.45, 2.75) is 43.5 Å². The number of methoxy groups -OCH3 is 1. The predicted octanol–water partition coefficient (Wildman–Crippen LogP) is 3.65. The van der Waals surface area contributed by atoms with Crippen LogP contribution < -0.4 is 0 Å². The molecule has 0 aliphatic carbocycles. The van der Waals surface area contributed by atoms with Gasteiger partial charge in [-0.15, -0.1) is 11.8 Å². The van der Waals surface area contributed by atoms with Crippen molar-refractivity contribution < 1.29 is 31.5 Å². The summed E-state index contributed by atoms with van der Waals surface area (Å²) in [6.45, 7) is 1.78. The summed E-state index contributed by atoms with van der Waals surface area (Å²) < 4.78 is 65.3. The molecule has 1 atom stereocenters. The van der Waals surface area contributed by atoms with Crippen molar-refractivity contribution in [1.29, 1.82) is 0 Å². The van der Waals surface area contributed by atoms with Gasteiger partial charge in [0.2, 0.25) is 0 Å². The number of hydrogen-bond donors (Lipinski definition) is 0. The Morgan fingerprint density at radius 1 is 1.28 bits per heavy atom. The lowest BCUT2D eigenvalue weighted by Crippen LogP contribution is -2.37. The molecule has 0 N–H and O–H groups in total. The highest BCUT2D eigenvalue weighted by Gasteiger charge is 2.56. The fourth-order valence-electron chi connectivity index (χ4n) is 1.13. The van der Waals surface area contributed by atoms with E-state index >= 15 is 0 Å². The molecule has 0 aromatic carbocycles. The lowest BCUT2D eigenvalue weighted by atomic mass is 10.2. The number of carbonyl (C=O) groups is 1. The number of ether oxygens (including phenoxy) is 1. The van der Waals surface area contributed by atoms with Crippen LogP contribution in [0.5, 0.6) is 0 Å². The zero-order valence-corrected chi connectivity index (χ0v) is 10.8. The van der Waals surface area contributed by atoms with E-state index in [1.54, 1.807) is 6.92 Å². The molecule has 0 rings (SSSR count). The smallest absolute Gasteiger partial charge is 0.453 e. The summed E-state index contributed by atoms with van der Waals surface area (Å²) in [7, 11) is 1.15. The van der Waals surface area contributed by atoms with Gasteiger partial charge in [-0.25, -0.2) is 0 Å². The largest absolute Gasteiger partial charge is 0.468 e. The number of rotatable bonds is 7. The lowest BCUT2D eigenvalue weighted by molar-refractivity contribution is -0.282. The first-order valence-electron chi connectivity index (χ1n) is 5.29. The number of carbonyl (C=O) groups excluding carboxylic acids is 1. The Balaban J connectivity index is 4.26. The van der Waals surface area contributed by atoms with E-state index in [1.807, 2.05) is 0 Å². The summed E-state index contributed by atoms with van der Waals surface area (Å²) in [4.78, 5) is 11.2. The molecule has 0 heterocycles. The number of esters is 1. The van der Waals surface area contributed by atoms with Gasteiger partial charge in [0.1, 0.15) is 5.25 Å². The second-order valence-corrected chi connectivity index (χ2v) is 4.93. The molecule has 0 aromatic rings. The minimum atomic E-state index is -5.54. The molecule has 0 fully saturated rings. The van der Waals surface area contributed by atoms with Gasteiger partial charge in [-0.1, -0.05) is 13.3 Å². The van der Waals surface area contributed by atoms with E-state index in [1.165, 1.54) is 0 Å². The van der Waals surface area contributed by atoms with Gasteiger partial charge in [0, 0.05) is 12.2 Å². The van der Waals surface area contributed by atoms with E-state index in [2.05, 4.69) is 4.74 Å². The fraction of sp³-hybridized carbons (Fsp3) is 0.900. The molecule has 0 saturated carbocycles. The fourth-order valence-corrected chi connectivity index (χ4v) is 2.43. The van der Waals surface area contributed by atoms with E-state index in [4.69, 9.17) is 0 Å². The summed E-state index contributed by atoms with van der Waals surface area (Å²) in [5.41, 5.74) is 0. The lowest BCUT2D eigenvalue weighted by Gasteiger charge is -2.20. The highest BCUT2D eigenvalue weighted by Crippen LogP contribution is 2.39. The second-order valence-electron chi connectivity index (χ2n) is 3.62. The third kappa shape index (κ3) is 5.41. The summed E-state index contributed by atoms with van der Waals surface area (Å²) >= 11 is 0.767. The molecule has 0 saturated heterocycles. The predicted molar refractivity (Wildman–Crippen MR) is 58.8 cm³/mol. The van der Waals surface area contributed by atoms with Gasteiger partial charge < -0.3 is 4.74 Å². The maximum atomic E-state index is 12.6. The first kappa shape index (κ1) is 17.5. The standard InChI is InChI=1S/C10H15F5O2S/c1-3-4-7(8(16)17-2)18-6-5-9(11,12)10(13,14)15/h7H,3-6H2,1-2H3. The second kappa shape index (κ2) is 7.16. The van der Waals surface area contributed by atoms with E-state index in [0.29, 0.717) is 12.8 Å². The van der Waals surface area contributed by atoms with E-state index < -0.39 is 35.5 Å². The molecule has 1 unspecified atom stereocenters. The van der Waals surface area contributed by atoms with Gasteiger partial charge in [-0.3, -0.25) is 4.79 Å².